The molecule has 0 radical (unpaired) electrons. The van der Waals surface area contributed by atoms with Crippen LogP contribution in [0.2, 0.25) is 0 Å². The average molecular weight is 361 g/mol. The molecule has 132 valence electrons. The van der Waals surface area contributed by atoms with E-state index in [1.165, 1.54) is 4.90 Å². The lowest BCUT2D eigenvalue weighted by Crippen LogP contribution is -2.36. The highest BCUT2D eigenvalue weighted by Crippen LogP contribution is 2.40. The Bertz CT molecular complexity index is 831. The molecule has 0 spiro atoms. The van der Waals surface area contributed by atoms with Crippen LogP contribution < -0.4 is 9.47 Å². The van der Waals surface area contributed by atoms with Gasteiger partial charge >= 0.3 is 0 Å². The Hall–Kier alpha value is -2.54. The van der Waals surface area contributed by atoms with Gasteiger partial charge in [-0.2, -0.15) is 0 Å². The maximum atomic E-state index is 12.6. The molecule has 1 aromatic heterocycles. The van der Waals surface area contributed by atoms with Crippen molar-refractivity contribution in [1.29, 1.82) is 0 Å². The highest BCUT2D eigenvalue weighted by molar-refractivity contribution is 7.80. The number of methoxy groups -OCH3 is 2. The van der Waals surface area contributed by atoms with Gasteiger partial charge in [0.15, 0.2) is 5.76 Å². The lowest BCUT2D eigenvalue weighted by atomic mass is 10.0. The number of rotatable bonds is 5. The maximum Gasteiger partial charge on any atom is 0.281 e. The number of benzene rings is 1. The Kier molecular flexibility index (Phi) is 4.43. The normalized spacial score (nSPS) is 19.9. The van der Waals surface area contributed by atoms with E-state index in [0.29, 0.717) is 29.6 Å². The predicted octanol–water partition coefficient (Wildman–Crippen LogP) is 3.34. The van der Waals surface area contributed by atoms with Crippen molar-refractivity contribution in [3.8, 4) is 22.8 Å². The third-order valence-electron chi connectivity index (χ3n) is 4.23. The molecule has 1 atom stereocenters. The number of likely N-dealkylation sites (N-methyl/N-ethyl adjacent to an activating group) is 1. The highest BCUT2D eigenvalue weighted by atomic mass is 32.1. The van der Waals surface area contributed by atoms with Crippen molar-refractivity contribution in [2.45, 2.75) is 19.4 Å². The molecule has 1 aromatic carbocycles. The number of furan rings is 1. The van der Waals surface area contributed by atoms with E-state index in [4.69, 9.17) is 30.8 Å². The average Bonchev–Trinajstić information content (AvgIpc) is 3.19. The van der Waals surface area contributed by atoms with Crippen molar-refractivity contribution in [3.63, 3.8) is 0 Å². The maximum absolute atomic E-state index is 12.6. The molecule has 7 heteroatoms. The first-order chi connectivity index (χ1) is 11.9. The first-order valence-corrected chi connectivity index (χ1v) is 8.23. The second-order valence-electron chi connectivity index (χ2n) is 5.68. The second-order valence-corrected chi connectivity index (χ2v) is 6.03. The van der Waals surface area contributed by atoms with Crippen LogP contribution in [-0.2, 0) is 15.1 Å². The summed E-state index contributed by atoms with van der Waals surface area (Å²) < 4.78 is 22.3. The minimum atomic E-state index is -1.27. The van der Waals surface area contributed by atoms with Crippen molar-refractivity contribution in [2.75, 3.05) is 20.8 Å². The van der Waals surface area contributed by atoms with E-state index in [0.717, 1.165) is 5.56 Å². The molecule has 0 N–H and O–H groups in total. The summed E-state index contributed by atoms with van der Waals surface area (Å²) in [6.07, 6.45) is 0. The number of hydrogen-bond acceptors (Lipinski definition) is 6. The molecular weight excluding hydrogens is 342 g/mol. The number of nitrogens with zero attached hydrogens (tertiary/aromatic N) is 1. The quantitative estimate of drug-likeness (QED) is 0.761. The highest BCUT2D eigenvalue weighted by Gasteiger charge is 2.51. The van der Waals surface area contributed by atoms with Gasteiger partial charge in [0, 0.05) is 6.54 Å². The van der Waals surface area contributed by atoms with E-state index in [2.05, 4.69) is 0 Å². The lowest BCUT2D eigenvalue weighted by Gasteiger charge is -2.17. The number of carbonyl (C=O) groups is 1. The molecule has 0 aliphatic carbocycles. The predicted molar refractivity (Wildman–Crippen MR) is 95.7 cm³/mol. The summed E-state index contributed by atoms with van der Waals surface area (Å²) >= 11 is 5.14. The molecule has 6 nitrogen and oxygen atoms in total. The Labute approximate surface area is 151 Å². The van der Waals surface area contributed by atoms with Crippen molar-refractivity contribution in [3.05, 3.63) is 36.1 Å². The molecule has 2 heterocycles. The van der Waals surface area contributed by atoms with Gasteiger partial charge in [0.05, 0.1) is 19.8 Å². The molecule has 1 saturated heterocycles. The summed E-state index contributed by atoms with van der Waals surface area (Å²) in [5, 5.41) is 0.159. The summed E-state index contributed by atoms with van der Waals surface area (Å²) in [5.41, 5.74) is -0.547. The largest absolute Gasteiger partial charge is 0.497 e. The Morgan fingerprint density at radius 2 is 1.96 bits per heavy atom. The van der Waals surface area contributed by atoms with Crippen LogP contribution >= 0.6 is 12.2 Å². The third-order valence-corrected chi connectivity index (χ3v) is 4.53. The fourth-order valence-corrected chi connectivity index (χ4v) is 3.17. The molecule has 1 amide bonds. The van der Waals surface area contributed by atoms with Gasteiger partial charge in [0.25, 0.3) is 11.1 Å². The number of ether oxygens (including phenoxy) is 3. The van der Waals surface area contributed by atoms with Crippen LogP contribution in [0.4, 0.5) is 0 Å². The molecule has 1 fully saturated rings. The Balaban J connectivity index is 2.02. The van der Waals surface area contributed by atoms with Gasteiger partial charge in [-0.05, 0) is 56.4 Å². The fourth-order valence-electron chi connectivity index (χ4n) is 2.79. The van der Waals surface area contributed by atoms with E-state index < -0.39 is 5.60 Å². The van der Waals surface area contributed by atoms with Crippen molar-refractivity contribution >= 4 is 23.3 Å². The zero-order valence-electron chi connectivity index (χ0n) is 14.5. The van der Waals surface area contributed by atoms with E-state index in [-0.39, 0.29) is 11.1 Å². The molecule has 1 unspecified atom stereocenters. The number of hydrogen-bond donors (Lipinski definition) is 0. The molecule has 1 aliphatic heterocycles. The summed E-state index contributed by atoms with van der Waals surface area (Å²) in [4.78, 5) is 14.1. The van der Waals surface area contributed by atoms with Gasteiger partial charge in [-0.25, -0.2) is 0 Å². The van der Waals surface area contributed by atoms with Crippen LogP contribution in [0.5, 0.6) is 11.5 Å². The number of amides is 1. The zero-order valence-corrected chi connectivity index (χ0v) is 15.3. The second kappa shape index (κ2) is 6.40. The lowest BCUT2D eigenvalue weighted by molar-refractivity contribution is -0.137. The van der Waals surface area contributed by atoms with E-state index >= 15 is 0 Å². The monoisotopic (exact) mass is 361 g/mol. The third kappa shape index (κ3) is 2.74. The van der Waals surface area contributed by atoms with Crippen LogP contribution in [0.15, 0.2) is 34.7 Å². The Morgan fingerprint density at radius 1 is 1.20 bits per heavy atom. The molecule has 3 rings (SSSR count). The van der Waals surface area contributed by atoms with Crippen LogP contribution in [0.1, 0.15) is 19.6 Å². The summed E-state index contributed by atoms with van der Waals surface area (Å²) in [6, 6.07) is 8.89. The first kappa shape index (κ1) is 17.3. The van der Waals surface area contributed by atoms with Crippen molar-refractivity contribution in [2.24, 2.45) is 0 Å². The van der Waals surface area contributed by atoms with Crippen LogP contribution in [0, 0.1) is 0 Å². The van der Waals surface area contributed by atoms with Crippen LogP contribution in [-0.4, -0.2) is 36.7 Å². The molecule has 25 heavy (non-hydrogen) atoms. The van der Waals surface area contributed by atoms with Gasteiger partial charge in [-0.15, -0.1) is 0 Å². The number of carbonyl (C=O) groups excluding carboxylic acids is 1. The van der Waals surface area contributed by atoms with Crippen molar-refractivity contribution in [1.82, 2.24) is 4.90 Å². The van der Waals surface area contributed by atoms with Crippen molar-refractivity contribution < 1.29 is 23.4 Å². The SMILES string of the molecule is CCN1C(=O)C(C)(c2ccc(-c3cc(OC)ccc3OC)o2)OC1=S. The smallest absolute Gasteiger partial charge is 0.281 e. The summed E-state index contributed by atoms with van der Waals surface area (Å²) in [5.74, 6) is 2.00. The first-order valence-electron chi connectivity index (χ1n) is 7.82. The van der Waals surface area contributed by atoms with Gasteiger partial charge in [0.2, 0.25) is 5.60 Å². The Morgan fingerprint density at radius 3 is 2.56 bits per heavy atom. The summed E-state index contributed by atoms with van der Waals surface area (Å²) in [6.45, 7) is 3.95. The van der Waals surface area contributed by atoms with Gasteiger partial charge < -0.3 is 18.6 Å². The minimum absolute atomic E-state index is 0.159. The zero-order chi connectivity index (χ0) is 18.2. The van der Waals surface area contributed by atoms with Crippen LogP contribution in [0.25, 0.3) is 11.3 Å². The molecule has 2 aromatic rings. The van der Waals surface area contributed by atoms with E-state index in [1.54, 1.807) is 45.4 Å². The minimum Gasteiger partial charge on any atom is -0.497 e. The fraction of sp³-hybridized carbons (Fsp3) is 0.333. The van der Waals surface area contributed by atoms with E-state index in [9.17, 15) is 4.79 Å². The van der Waals surface area contributed by atoms with Gasteiger partial charge in [-0.3, -0.25) is 9.69 Å². The number of thiocarbonyl (C=S) groups is 1. The van der Waals surface area contributed by atoms with Gasteiger partial charge in [-0.1, -0.05) is 0 Å². The molecule has 0 bridgehead atoms. The summed E-state index contributed by atoms with van der Waals surface area (Å²) in [7, 11) is 3.17. The molecular formula is C18H19NO5S. The van der Waals surface area contributed by atoms with Crippen LogP contribution in [0.3, 0.4) is 0 Å². The molecule has 1 aliphatic rings. The standard InChI is InChI=1S/C18H19NO5S/c1-5-19-16(20)18(2,24-17(19)25)15-9-8-14(23-15)12-10-11(21-3)6-7-13(12)22-4/h6-10H,5H2,1-4H3. The molecule has 0 saturated carbocycles. The van der Waals surface area contributed by atoms with Gasteiger partial charge in [0.1, 0.15) is 17.3 Å². The van der Waals surface area contributed by atoms with E-state index in [1.807, 2.05) is 13.0 Å². The topological polar surface area (TPSA) is 61.1 Å².